The van der Waals surface area contributed by atoms with E-state index in [-0.39, 0.29) is 10.7 Å². The van der Waals surface area contributed by atoms with Crippen molar-refractivity contribution in [2.45, 2.75) is 32.1 Å². The van der Waals surface area contributed by atoms with E-state index in [9.17, 15) is 4.79 Å². The summed E-state index contributed by atoms with van der Waals surface area (Å²) in [6.45, 7) is 8.43. The van der Waals surface area contributed by atoms with Gasteiger partial charge in [0.25, 0.3) is 5.91 Å². The fourth-order valence-corrected chi connectivity index (χ4v) is 2.03. The van der Waals surface area contributed by atoms with Crippen LogP contribution in [0.3, 0.4) is 0 Å². The second kappa shape index (κ2) is 9.45. The number of guanidine groups is 1. The summed E-state index contributed by atoms with van der Waals surface area (Å²) in [5, 5.41) is 9.41. The minimum atomic E-state index is -0.0382. The summed E-state index contributed by atoms with van der Waals surface area (Å²) in [6, 6.07) is 7.59. The van der Waals surface area contributed by atoms with Gasteiger partial charge in [-0.15, -0.1) is 0 Å². The number of nitrogens with zero attached hydrogens (tertiary/aromatic N) is 1. The van der Waals surface area contributed by atoms with E-state index in [1.54, 1.807) is 7.05 Å². The van der Waals surface area contributed by atoms with Crippen molar-refractivity contribution in [3.05, 3.63) is 35.4 Å². The van der Waals surface area contributed by atoms with Crippen LogP contribution in [0, 0.1) is 0 Å². The molecule has 0 aliphatic rings. The van der Waals surface area contributed by atoms with Crippen LogP contribution in [0.15, 0.2) is 29.3 Å². The molecule has 0 heterocycles. The highest BCUT2D eigenvalue weighted by molar-refractivity contribution is 7.99. The maximum absolute atomic E-state index is 11.7. The van der Waals surface area contributed by atoms with Crippen LogP contribution in [0.25, 0.3) is 0 Å². The zero-order chi connectivity index (χ0) is 17.3. The van der Waals surface area contributed by atoms with E-state index in [0.29, 0.717) is 18.7 Å². The monoisotopic (exact) mass is 336 g/mol. The van der Waals surface area contributed by atoms with Crippen molar-refractivity contribution < 1.29 is 4.79 Å². The minimum absolute atomic E-state index is 0.0382. The molecule has 0 unspecified atom stereocenters. The fraction of sp³-hybridized carbons (Fsp3) is 0.529. The molecule has 1 aromatic carbocycles. The summed E-state index contributed by atoms with van der Waals surface area (Å²) in [5.74, 6) is 0.740. The third-order valence-electron chi connectivity index (χ3n) is 3.47. The lowest BCUT2D eigenvalue weighted by Crippen LogP contribution is -2.42. The molecule has 0 aromatic heterocycles. The van der Waals surface area contributed by atoms with E-state index in [2.05, 4.69) is 41.0 Å². The Hall–Kier alpha value is -1.69. The standard InChI is InChI=1S/C17H28N4OS/c1-6-19-15(22)14-9-7-13(8-10-14)11-20-16(18-4)21-12-17(2,3)23-5/h7-10H,6,11-12H2,1-5H3,(H,19,22)(H2,18,20,21). The number of aliphatic imine (C=N–C) groups is 1. The van der Waals surface area contributed by atoms with Crippen molar-refractivity contribution in [2.75, 3.05) is 26.4 Å². The molecule has 0 saturated heterocycles. The molecule has 0 aliphatic heterocycles. The molecule has 1 aromatic rings. The zero-order valence-electron chi connectivity index (χ0n) is 14.7. The Morgan fingerprint density at radius 3 is 2.35 bits per heavy atom. The second-order valence-electron chi connectivity index (χ2n) is 5.80. The van der Waals surface area contributed by atoms with E-state index in [4.69, 9.17) is 0 Å². The number of benzene rings is 1. The van der Waals surface area contributed by atoms with Crippen molar-refractivity contribution >= 4 is 23.6 Å². The first-order chi connectivity index (χ1) is 10.9. The lowest BCUT2D eigenvalue weighted by Gasteiger charge is -2.23. The molecular weight excluding hydrogens is 308 g/mol. The Morgan fingerprint density at radius 2 is 1.83 bits per heavy atom. The Morgan fingerprint density at radius 1 is 1.17 bits per heavy atom. The van der Waals surface area contributed by atoms with Crippen LogP contribution in [0.5, 0.6) is 0 Å². The lowest BCUT2D eigenvalue weighted by molar-refractivity contribution is 0.0956. The van der Waals surface area contributed by atoms with Crippen molar-refractivity contribution in [1.82, 2.24) is 16.0 Å². The predicted octanol–water partition coefficient (Wildman–Crippen LogP) is 2.24. The van der Waals surface area contributed by atoms with Crippen LogP contribution < -0.4 is 16.0 Å². The minimum Gasteiger partial charge on any atom is -0.355 e. The number of carbonyl (C=O) groups is 1. The maximum Gasteiger partial charge on any atom is 0.251 e. The molecular formula is C17H28N4OS. The molecule has 0 radical (unpaired) electrons. The van der Waals surface area contributed by atoms with Gasteiger partial charge in [-0.25, -0.2) is 0 Å². The Balaban J connectivity index is 2.51. The number of nitrogens with one attached hydrogen (secondary N) is 3. The largest absolute Gasteiger partial charge is 0.355 e. The van der Waals surface area contributed by atoms with Crippen LogP contribution in [0.4, 0.5) is 0 Å². The number of rotatable bonds is 7. The maximum atomic E-state index is 11.7. The summed E-state index contributed by atoms with van der Waals surface area (Å²) >= 11 is 1.82. The van der Waals surface area contributed by atoms with Gasteiger partial charge in [0.1, 0.15) is 0 Å². The van der Waals surface area contributed by atoms with Crippen LogP contribution in [0.2, 0.25) is 0 Å². The van der Waals surface area contributed by atoms with Crippen LogP contribution in [0.1, 0.15) is 36.7 Å². The average Bonchev–Trinajstić information content (AvgIpc) is 2.55. The first-order valence-electron chi connectivity index (χ1n) is 7.78. The molecule has 0 aliphatic carbocycles. The fourth-order valence-electron chi connectivity index (χ4n) is 1.81. The Kier molecular flexibility index (Phi) is 7.95. The van der Waals surface area contributed by atoms with Gasteiger partial charge in [0, 0.05) is 37.0 Å². The smallest absolute Gasteiger partial charge is 0.251 e. The molecule has 5 nitrogen and oxygen atoms in total. The molecule has 128 valence electrons. The van der Waals surface area contributed by atoms with Gasteiger partial charge in [0.05, 0.1) is 0 Å². The number of carbonyl (C=O) groups excluding carboxylic acids is 1. The first-order valence-corrected chi connectivity index (χ1v) is 9.01. The van der Waals surface area contributed by atoms with Crippen LogP contribution >= 0.6 is 11.8 Å². The quantitative estimate of drug-likeness (QED) is 0.528. The molecule has 0 spiro atoms. The third kappa shape index (κ3) is 6.95. The molecule has 0 atom stereocenters. The number of amides is 1. The van der Waals surface area contributed by atoms with Crippen LogP contribution in [-0.2, 0) is 6.54 Å². The normalized spacial score (nSPS) is 12.0. The topological polar surface area (TPSA) is 65.5 Å². The number of hydrogen-bond acceptors (Lipinski definition) is 3. The van der Waals surface area contributed by atoms with E-state index in [1.165, 1.54) is 0 Å². The van der Waals surface area contributed by atoms with Gasteiger partial charge in [-0.3, -0.25) is 9.79 Å². The van der Waals surface area contributed by atoms with Crippen molar-refractivity contribution in [2.24, 2.45) is 4.99 Å². The van der Waals surface area contributed by atoms with Crippen molar-refractivity contribution in [3.63, 3.8) is 0 Å². The predicted molar refractivity (Wildman–Crippen MR) is 100 cm³/mol. The third-order valence-corrected chi connectivity index (χ3v) is 4.72. The van der Waals surface area contributed by atoms with Gasteiger partial charge in [0.2, 0.25) is 0 Å². The van der Waals surface area contributed by atoms with Crippen LogP contribution in [-0.4, -0.2) is 43.0 Å². The summed E-state index contributed by atoms with van der Waals surface area (Å²) in [5.41, 5.74) is 1.78. The number of thioether (sulfide) groups is 1. The van der Waals surface area contributed by atoms with Gasteiger partial charge in [0.15, 0.2) is 5.96 Å². The SMILES string of the molecule is CCNC(=O)c1ccc(CNC(=NC)NCC(C)(C)SC)cc1. The highest BCUT2D eigenvalue weighted by atomic mass is 32.2. The Labute approximate surface area is 143 Å². The van der Waals surface area contributed by atoms with E-state index in [0.717, 1.165) is 18.1 Å². The molecule has 0 fully saturated rings. The summed E-state index contributed by atoms with van der Waals surface area (Å²) in [4.78, 5) is 15.9. The van der Waals surface area contributed by atoms with Gasteiger partial charge in [-0.1, -0.05) is 12.1 Å². The summed E-state index contributed by atoms with van der Waals surface area (Å²) in [7, 11) is 1.76. The van der Waals surface area contributed by atoms with E-state index in [1.807, 2.05) is 43.0 Å². The van der Waals surface area contributed by atoms with E-state index < -0.39 is 0 Å². The van der Waals surface area contributed by atoms with Gasteiger partial charge >= 0.3 is 0 Å². The van der Waals surface area contributed by atoms with E-state index >= 15 is 0 Å². The molecule has 1 rings (SSSR count). The Bertz CT molecular complexity index is 526. The highest BCUT2D eigenvalue weighted by Crippen LogP contribution is 2.19. The van der Waals surface area contributed by atoms with Gasteiger partial charge < -0.3 is 16.0 Å². The highest BCUT2D eigenvalue weighted by Gasteiger charge is 2.16. The number of hydrogen-bond donors (Lipinski definition) is 3. The van der Waals surface area contributed by atoms with Crippen molar-refractivity contribution in [1.29, 1.82) is 0 Å². The molecule has 3 N–H and O–H groups in total. The van der Waals surface area contributed by atoms with Crippen molar-refractivity contribution in [3.8, 4) is 0 Å². The molecule has 6 heteroatoms. The van der Waals surface area contributed by atoms with Gasteiger partial charge in [-0.2, -0.15) is 11.8 Å². The summed E-state index contributed by atoms with van der Waals surface area (Å²) in [6.07, 6.45) is 2.11. The second-order valence-corrected chi connectivity index (χ2v) is 7.31. The molecule has 0 saturated carbocycles. The molecule has 23 heavy (non-hydrogen) atoms. The molecule has 1 amide bonds. The molecule has 0 bridgehead atoms. The summed E-state index contributed by atoms with van der Waals surface area (Å²) < 4.78 is 0.159. The first kappa shape index (κ1) is 19.4. The lowest BCUT2D eigenvalue weighted by atomic mass is 10.1. The average molecular weight is 337 g/mol. The van der Waals surface area contributed by atoms with Gasteiger partial charge in [-0.05, 0) is 44.7 Å². The zero-order valence-corrected chi connectivity index (χ0v) is 15.5.